The zero-order valence-electron chi connectivity index (χ0n) is 20.7. The molecule has 0 spiro atoms. The van der Waals surface area contributed by atoms with E-state index in [2.05, 4.69) is 13.0 Å². The van der Waals surface area contributed by atoms with E-state index in [0.29, 0.717) is 24.8 Å². The number of carbonyl (C=O) groups excluding carboxylic acids is 2. The highest BCUT2D eigenvalue weighted by Gasteiger charge is 2.58. The molecule has 2 saturated carbocycles. The summed E-state index contributed by atoms with van der Waals surface area (Å²) in [5.41, 5.74) is 1.73. The van der Waals surface area contributed by atoms with Crippen LogP contribution in [0.1, 0.15) is 57.1 Å². The van der Waals surface area contributed by atoms with Gasteiger partial charge >= 0.3 is 0 Å². The van der Waals surface area contributed by atoms with E-state index < -0.39 is 27.1 Å². The Morgan fingerprint density at radius 1 is 1.14 bits per heavy atom. The summed E-state index contributed by atoms with van der Waals surface area (Å²) in [6, 6.07) is 4.60. The van der Waals surface area contributed by atoms with Gasteiger partial charge < -0.3 is 10.2 Å². The Morgan fingerprint density at radius 3 is 2.56 bits per heavy atom. The van der Waals surface area contributed by atoms with Crippen molar-refractivity contribution in [2.24, 2.45) is 28.6 Å². The molecule has 8 heteroatoms. The van der Waals surface area contributed by atoms with Gasteiger partial charge in [0.1, 0.15) is 5.78 Å². The number of fused-ring (bicyclic) bond motifs is 5. The number of aliphatic hydroxyl groups excluding tert-OH is 2. The number of allylic oxidation sites excluding steroid dienone is 3. The van der Waals surface area contributed by atoms with E-state index in [1.807, 2.05) is 13.8 Å². The Kier molecular flexibility index (Phi) is 5.65. The van der Waals surface area contributed by atoms with Gasteiger partial charge in [0, 0.05) is 12.3 Å². The molecule has 0 saturated heterocycles. The normalized spacial score (nSPS) is 33.9. The van der Waals surface area contributed by atoms with Crippen molar-refractivity contribution in [3.63, 3.8) is 0 Å². The smallest absolute Gasteiger partial charge is 0.294 e. The van der Waals surface area contributed by atoms with Crippen molar-refractivity contribution < 1.29 is 32.8 Å². The first kappa shape index (κ1) is 25.0. The first-order chi connectivity index (χ1) is 16.8. The molecule has 7 nitrogen and oxygen atoms in total. The molecule has 0 radical (unpaired) electrons. The molecule has 3 N–H and O–H groups in total. The van der Waals surface area contributed by atoms with Crippen LogP contribution in [0, 0.1) is 35.5 Å². The number of ketones is 2. The van der Waals surface area contributed by atoms with Crippen molar-refractivity contribution in [1.82, 2.24) is 0 Å². The highest BCUT2D eigenvalue weighted by Crippen LogP contribution is 2.65. The summed E-state index contributed by atoms with van der Waals surface area (Å²) < 4.78 is 33.5. The van der Waals surface area contributed by atoms with Crippen LogP contribution in [0.4, 0.5) is 0 Å². The number of aryl methyl sites for hydroxylation is 1. The number of benzene rings is 1. The second-order valence-corrected chi connectivity index (χ2v) is 12.7. The first-order valence-electron chi connectivity index (χ1n) is 12.5. The fraction of sp³-hybridized carbons (Fsp3) is 0.500. The average Bonchev–Trinajstić information content (AvgIpc) is 3.15. The third-order valence-electron chi connectivity index (χ3n) is 9.48. The number of carbonyl (C=O) groups is 2. The minimum Gasteiger partial charge on any atom is -0.507 e. The van der Waals surface area contributed by atoms with Crippen LogP contribution in [-0.4, -0.2) is 34.8 Å². The third-order valence-corrected chi connectivity index (χ3v) is 10.4. The van der Waals surface area contributed by atoms with Crippen molar-refractivity contribution in [3.8, 4) is 0 Å². The van der Waals surface area contributed by atoms with Gasteiger partial charge in [0.15, 0.2) is 5.76 Å². The van der Waals surface area contributed by atoms with Crippen LogP contribution >= 0.6 is 0 Å². The molecule has 1 aromatic carbocycles. The summed E-state index contributed by atoms with van der Waals surface area (Å²) >= 11 is 0. The highest BCUT2D eigenvalue weighted by molar-refractivity contribution is 7.85. The molecule has 4 aliphatic carbocycles. The van der Waals surface area contributed by atoms with Crippen LogP contribution in [0.5, 0.6) is 0 Å². The molecule has 0 aromatic heterocycles. The molecule has 4 aliphatic rings. The lowest BCUT2D eigenvalue weighted by Crippen LogP contribution is -2.46. The van der Waals surface area contributed by atoms with E-state index in [4.69, 9.17) is 0 Å². The topological polar surface area (TPSA) is 129 Å². The molecule has 0 aliphatic heterocycles. The summed E-state index contributed by atoms with van der Waals surface area (Å²) in [5.74, 6) is -1.43. The summed E-state index contributed by atoms with van der Waals surface area (Å²) in [4.78, 5) is 25.5. The van der Waals surface area contributed by atoms with Crippen LogP contribution < -0.4 is 0 Å². The van der Waals surface area contributed by atoms with Gasteiger partial charge in [-0.25, -0.2) is 0 Å². The predicted molar refractivity (Wildman–Crippen MR) is 133 cm³/mol. The zero-order chi connectivity index (χ0) is 26.2. The first-order valence-corrected chi connectivity index (χ1v) is 13.9. The second kappa shape index (κ2) is 8.15. The molecule has 0 heterocycles. The van der Waals surface area contributed by atoms with Crippen molar-refractivity contribution in [2.75, 3.05) is 0 Å². The highest BCUT2D eigenvalue weighted by atomic mass is 32.2. The fourth-order valence-corrected chi connectivity index (χ4v) is 8.32. The Bertz CT molecular complexity index is 1380. The van der Waals surface area contributed by atoms with Crippen molar-refractivity contribution in [3.05, 3.63) is 64.1 Å². The molecule has 5 atom stereocenters. The monoisotopic (exact) mass is 512 g/mol. The predicted octanol–water partition coefficient (Wildman–Crippen LogP) is 4.97. The quantitative estimate of drug-likeness (QED) is 0.384. The summed E-state index contributed by atoms with van der Waals surface area (Å²) in [5, 5.41) is 21.1. The molecule has 36 heavy (non-hydrogen) atoms. The molecule has 2 fully saturated rings. The van der Waals surface area contributed by atoms with Crippen molar-refractivity contribution in [2.45, 2.75) is 64.2 Å². The molecule has 1 aromatic rings. The van der Waals surface area contributed by atoms with Gasteiger partial charge in [-0.15, -0.1) is 0 Å². The minimum absolute atomic E-state index is 0.0291. The third kappa shape index (κ3) is 3.52. The van der Waals surface area contributed by atoms with Gasteiger partial charge in [-0.2, -0.15) is 8.42 Å². The minimum atomic E-state index is -4.45. The van der Waals surface area contributed by atoms with Gasteiger partial charge in [-0.05, 0) is 86.5 Å². The maximum atomic E-state index is 13.6. The molecule has 0 amide bonds. The van der Waals surface area contributed by atoms with E-state index in [-0.39, 0.29) is 46.0 Å². The van der Waals surface area contributed by atoms with E-state index in [0.717, 1.165) is 29.6 Å². The van der Waals surface area contributed by atoms with Crippen LogP contribution in [0.25, 0.3) is 0 Å². The zero-order valence-corrected chi connectivity index (χ0v) is 21.6. The lowest BCUT2D eigenvalue weighted by Gasteiger charge is -2.52. The van der Waals surface area contributed by atoms with E-state index in [1.54, 1.807) is 12.1 Å². The average molecular weight is 513 g/mol. The SMILES string of the molecule is Cc1ccc(S(=O)(=O)O)c(CC(=O)[C@H]2CC[C@H]3[C@@H]4CCC5=CC(=O)C(O)=C(O)[C@]5(C)C4=CC[C@]23C)c1. The summed E-state index contributed by atoms with van der Waals surface area (Å²) in [6.45, 7) is 5.81. The summed E-state index contributed by atoms with van der Waals surface area (Å²) in [7, 11) is -4.45. The van der Waals surface area contributed by atoms with Crippen LogP contribution in [-0.2, 0) is 26.1 Å². The molecule has 0 bridgehead atoms. The van der Waals surface area contributed by atoms with Crippen molar-refractivity contribution >= 4 is 21.7 Å². The molecule has 192 valence electrons. The Labute approximate surface area is 211 Å². The largest absolute Gasteiger partial charge is 0.507 e. The molecule has 5 rings (SSSR count). The maximum absolute atomic E-state index is 13.6. The fourth-order valence-electron chi connectivity index (χ4n) is 7.62. The summed E-state index contributed by atoms with van der Waals surface area (Å²) in [6.07, 6.45) is 7.06. The van der Waals surface area contributed by atoms with Crippen LogP contribution in [0.3, 0.4) is 0 Å². The number of hydrogen-bond acceptors (Lipinski definition) is 6. The maximum Gasteiger partial charge on any atom is 0.294 e. The molecular formula is C28H32O7S. The van der Waals surface area contributed by atoms with Gasteiger partial charge in [-0.1, -0.05) is 36.3 Å². The lowest BCUT2D eigenvalue weighted by molar-refractivity contribution is -0.126. The standard InChI is InChI=1S/C28H32O7S/c1-15-4-9-24(36(33,34)35)16(12-15)13-22(29)21-8-7-19-18-6-5-17-14-23(30)25(31)26(32)28(17,3)20(18)10-11-27(19,21)2/h4,9-10,12,14,18-19,21,31-32H,5-8,11,13H2,1-3H3,(H,33,34,35)/t18-,19-,21+,27-,28-/m0/s1. The number of Topliss-reactive ketones (excluding diaryl/α,β-unsaturated/α-hetero) is 1. The number of hydrogen-bond donors (Lipinski definition) is 3. The van der Waals surface area contributed by atoms with Gasteiger partial charge in [-0.3, -0.25) is 14.1 Å². The number of aliphatic hydroxyl groups is 2. The van der Waals surface area contributed by atoms with E-state index in [9.17, 15) is 32.8 Å². The van der Waals surface area contributed by atoms with E-state index >= 15 is 0 Å². The van der Waals surface area contributed by atoms with Gasteiger partial charge in [0.2, 0.25) is 11.5 Å². The number of rotatable bonds is 4. The Morgan fingerprint density at radius 2 is 1.86 bits per heavy atom. The molecular weight excluding hydrogens is 480 g/mol. The second-order valence-electron chi connectivity index (χ2n) is 11.3. The van der Waals surface area contributed by atoms with Crippen LogP contribution in [0.15, 0.2) is 57.9 Å². The van der Waals surface area contributed by atoms with Gasteiger partial charge in [0.05, 0.1) is 10.3 Å². The van der Waals surface area contributed by atoms with Crippen LogP contribution in [0.2, 0.25) is 0 Å². The van der Waals surface area contributed by atoms with Crippen molar-refractivity contribution in [1.29, 1.82) is 0 Å². The van der Waals surface area contributed by atoms with Gasteiger partial charge in [0.25, 0.3) is 10.1 Å². The molecule has 0 unspecified atom stereocenters. The lowest BCUT2D eigenvalue weighted by atomic mass is 9.51. The van der Waals surface area contributed by atoms with E-state index in [1.165, 1.54) is 12.1 Å². The Hall–Kier alpha value is -2.71. The Balaban J connectivity index is 1.47.